The van der Waals surface area contributed by atoms with Gasteiger partial charge in [0, 0.05) is 35.5 Å². The zero-order valence-corrected chi connectivity index (χ0v) is 23.0. The lowest BCUT2D eigenvalue weighted by Crippen LogP contribution is -2.65. The molecule has 1 N–H and O–H groups in total. The Kier molecular flexibility index (Phi) is 7.49. The summed E-state index contributed by atoms with van der Waals surface area (Å²) >= 11 is 7.05. The Morgan fingerprint density at radius 3 is 2.49 bits per heavy atom. The van der Waals surface area contributed by atoms with Crippen molar-refractivity contribution >= 4 is 29.3 Å². The summed E-state index contributed by atoms with van der Waals surface area (Å²) in [5, 5.41) is 14.5. The third-order valence-electron chi connectivity index (χ3n) is 9.87. The molecule has 0 amide bonds. The minimum Gasteiger partial charge on any atom is -0.457 e. The van der Waals surface area contributed by atoms with E-state index >= 15 is 0 Å². The molecule has 2 saturated carbocycles. The number of hydrogen-bond acceptors (Lipinski definition) is 8. The molecule has 204 valence electrons. The second kappa shape index (κ2) is 9.92. The molecule has 0 aromatic heterocycles. The van der Waals surface area contributed by atoms with Crippen LogP contribution in [0.2, 0.25) is 0 Å². The molecule has 0 spiro atoms. The van der Waals surface area contributed by atoms with E-state index in [1.54, 1.807) is 13.8 Å². The summed E-state index contributed by atoms with van der Waals surface area (Å²) in [6.07, 6.45) is 6.42. The first-order valence-electron chi connectivity index (χ1n) is 13.3. The monoisotopic (exact) mass is 535 g/mol. The summed E-state index contributed by atoms with van der Waals surface area (Å²) in [6.45, 7) is 8.70. The summed E-state index contributed by atoms with van der Waals surface area (Å²) in [5.74, 6) is -2.43. The van der Waals surface area contributed by atoms with Crippen LogP contribution < -0.4 is 0 Å². The van der Waals surface area contributed by atoms with Crippen molar-refractivity contribution < 1.29 is 29.0 Å². The van der Waals surface area contributed by atoms with Gasteiger partial charge in [0.15, 0.2) is 12.2 Å². The zero-order chi connectivity index (χ0) is 27.3. The number of nitroso groups, excluding NO2 is 1. The molecule has 4 aliphatic carbocycles. The van der Waals surface area contributed by atoms with E-state index in [2.05, 4.69) is 12.1 Å². The van der Waals surface area contributed by atoms with Crippen LogP contribution in [0.15, 0.2) is 29.0 Å². The number of ketones is 1. The van der Waals surface area contributed by atoms with Crippen LogP contribution in [-0.2, 0) is 23.9 Å². The summed E-state index contributed by atoms with van der Waals surface area (Å²) in [6, 6.07) is -0.457. The number of aliphatic hydroxyl groups excluding tert-OH is 1. The van der Waals surface area contributed by atoms with E-state index in [1.165, 1.54) is 0 Å². The van der Waals surface area contributed by atoms with Crippen molar-refractivity contribution in [1.29, 1.82) is 0 Å². The van der Waals surface area contributed by atoms with Crippen LogP contribution in [0.25, 0.3) is 0 Å². The molecule has 0 radical (unpaired) electrons. The van der Waals surface area contributed by atoms with Crippen LogP contribution in [0.4, 0.5) is 0 Å². The van der Waals surface area contributed by atoms with E-state index in [1.807, 2.05) is 32.1 Å². The fraction of sp³-hybridized carbons (Fsp3) is 0.750. The van der Waals surface area contributed by atoms with E-state index < -0.39 is 58.3 Å². The Morgan fingerprint density at radius 2 is 1.86 bits per heavy atom. The average Bonchev–Trinajstić information content (AvgIpc) is 3.08. The van der Waals surface area contributed by atoms with Crippen LogP contribution in [0, 0.1) is 39.4 Å². The predicted molar refractivity (Wildman–Crippen MR) is 138 cm³/mol. The number of hydrogen-bond donors (Lipinski definition) is 1. The first-order valence-corrected chi connectivity index (χ1v) is 13.8. The topological polar surface area (TPSA) is 119 Å². The fourth-order valence-electron chi connectivity index (χ4n) is 8.17. The number of carbonyl (C=O) groups is 3. The SMILES string of the molecule is CCC(=O)OCC(=O)[C@@]1(OC(=O)CC)[C@H](C)C[C@H]2[C@H]3[C@H]([C@@H](O)C[C@@]21C)[C@@]1(C)C=CC(N=O)CC1=C[C@H]3Cl. The molecular weight excluding hydrogens is 498 g/mol. The van der Waals surface area contributed by atoms with Gasteiger partial charge in [0.1, 0.15) is 6.04 Å². The van der Waals surface area contributed by atoms with Gasteiger partial charge < -0.3 is 14.6 Å². The largest absolute Gasteiger partial charge is 0.457 e. The Hall–Kier alpha value is -2.06. The number of rotatable bonds is 7. The van der Waals surface area contributed by atoms with Crippen LogP contribution >= 0.6 is 11.6 Å². The van der Waals surface area contributed by atoms with Crippen molar-refractivity contribution in [2.75, 3.05) is 6.61 Å². The predicted octanol–water partition coefficient (Wildman–Crippen LogP) is 4.51. The number of nitrogens with zero attached hydrogens (tertiary/aromatic N) is 1. The number of fused-ring (bicyclic) bond motifs is 5. The molecular formula is C28H38ClNO7. The maximum Gasteiger partial charge on any atom is 0.306 e. The van der Waals surface area contributed by atoms with Gasteiger partial charge in [-0.15, -0.1) is 11.6 Å². The van der Waals surface area contributed by atoms with E-state index in [-0.39, 0.29) is 42.9 Å². The highest BCUT2D eigenvalue weighted by Crippen LogP contribution is 2.69. The Bertz CT molecular complexity index is 1040. The minimum atomic E-state index is -1.55. The van der Waals surface area contributed by atoms with E-state index in [0.29, 0.717) is 12.8 Å². The lowest BCUT2D eigenvalue weighted by Gasteiger charge is -2.60. The standard InChI is InChI=1S/C28H38ClNO7/c1-6-22(33)36-14-21(32)28(37-23(34)7-2)15(3)10-18-24-19(29)12-16-11-17(30-35)8-9-26(16,4)25(24)20(31)13-27(18,28)5/h8-9,12,15,17-20,24-25,31H,6-7,10-11,13-14H2,1-5H3/t15-,17?,18+,19-,20+,24-,25+,26+,27+,28+/m1/s1. The van der Waals surface area contributed by atoms with Gasteiger partial charge in [0.25, 0.3) is 0 Å². The van der Waals surface area contributed by atoms with Crippen molar-refractivity contribution in [2.24, 2.45) is 39.7 Å². The van der Waals surface area contributed by atoms with E-state index in [4.69, 9.17) is 21.1 Å². The highest BCUT2D eigenvalue weighted by atomic mass is 35.5. The smallest absolute Gasteiger partial charge is 0.306 e. The molecule has 8 nitrogen and oxygen atoms in total. The molecule has 0 bridgehead atoms. The highest BCUT2D eigenvalue weighted by Gasteiger charge is 2.73. The maximum absolute atomic E-state index is 13.9. The molecule has 0 heterocycles. The molecule has 2 fully saturated rings. The number of carbonyl (C=O) groups excluding carboxylic acids is 3. The third-order valence-corrected chi connectivity index (χ3v) is 10.3. The van der Waals surface area contributed by atoms with Gasteiger partial charge in [-0.3, -0.25) is 14.4 Å². The molecule has 0 aromatic carbocycles. The minimum absolute atomic E-state index is 0.0882. The van der Waals surface area contributed by atoms with Gasteiger partial charge >= 0.3 is 11.9 Å². The van der Waals surface area contributed by atoms with Gasteiger partial charge in [0.2, 0.25) is 5.78 Å². The Balaban J connectivity index is 1.79. The van der Waals surface area contributed by atoms with Crippen molar-refractivity contribution in [3.05, 3.63) is 28.7 Å². The highest BCUT2D eigenvalue weighted by molar-refractivity contribution is 6.22. The lowest BCUT2D eigenvalue weighted by molar-refractivity contribution is -0.204. The van der Waals surface area contributed by atoms with Gasteiger partial charge in [-0.2, -0.15) is 4.91 Å². The summed E-state index contributed by atoms with van der Waals surface area (Å²) < 4.78 is 11.3. The number of esters is 2. The second-order valence-corrected chi connectivity index (χ2v) is 12.2. The number of ether oxygens (including phenoxy) is 2. The number of aliphatic hydroxyl groups is 1. The number of Topliss-reactive ketones (excluding diaryl/α,β-unsaturated/α-hetero) is 1. The molecule has 37 heavy (non-hydrogen) atoms. The number of alkyl halides is 1. The second-order valence-electron chi connectivity index (χ2n) is 11.7. The molecule has 0 saturated heterocycles. The lowest BCUT2D eigenvalue weighted by atomic mass is 9.46. The van der Waals surface area contributed by atoms with Crippen molar-refractivity contribution in [1.82, 2.24) is 0 Å². The van der Waals surface area contributed by atoms with Gasteiger partial charge in [-0.1, -0.05) is 63.6 Å². The maximum atomic E-state index is 13.9. The number of halogens is 1. The van der Waals surface area contributed by atoms with Gasteiger partial charge in [0.05, 0.1) is 11.5 Å². The molecule has 0 aromatic rings. The molecule has 0 aliphatic heterocycles. The van der Waals surface area contributed by atoms with Crippen LogP contribution in [0.5, 0.6) is 0 Å². The quantitative estimate of drug-likeness (QED) is 0.220. The zero-order valence-electron chi connectivity index (χ0n) is 22.2. The van der Waals surface area contributed by atoms with Crippen molar-refractivity contribution in [3.8, 4) is 0 Å². The van der Waals surface area contributed by atoms with E-state index in [9.17, 15) is 24.4 Å². The summed E-state index contributed by atoms with van der Waals surface area (Å²) in [7, 11) is 0. The van der Waals surface area contributed by atoms with Gasteiger partial charge in [-0.25, -0.2) is 0 Å². The average molecular weight is 536 g/mol. The molecule has 10 atom stereocenters. The van der Waals surface area contributed by atoms with Gasteiger partial charge in [-0.05, 0) is 31.1 Å². The Morgan fingerprint density at radius 1 is 1.19 bits per heavy atom. The third kappa shape index (κ3) is 4.10. The first kappa shape index (κ1) is 28.0. The van der Waals surface area contributed by atoms with Crippen molar-refractivity contribution in [3.63, 3.8) is 0 Å². The molecule has 4 aliphatic rings. The molecule has 4 rings (SSSR count). The fourth-order valence-corrected chi connectivity index (χ4v) is 8.66. The van der Waals surface area contributed by atoms with E-state index in [0.717, 1.165) is 5.57 Å². The van der Waals surface area contributed by atoms with Crippen LogP contribution in [0.1, 0.15) is 66.7 Å². The van der Waals surface area contributed by atoms with Crippen LogP contribution in [-0.4, -0.2) is 52.6 Å². The molecule has 1 unspecified atom stereocenters. The first-order chi connectivity index (χ1) is 17.4. The number of allylic oxidation sites excluding steroid dienone is 2. The Labute approximate surface area is 223 Å². The summed E-state index contributed by atoms with van der Waals surface area (Å²) in [5.41, 5.74) is -1.98. The van der Waals surface area contributed by atoms with Crippen LogP contribution in [0.3, 0.4) is 0 Å². The molecule has 9 heteroatoms. The normalized spacial score (nSPS) is 44.1. The summed E-state index contributed by atoms with van der Waals surface area (Å²) in [4.78, 5) is 49.7. The van der Waals surface area contributed by atoms with Crippen molar-refractivity contribution in [2.45, 2.75) is 89.8 Å².